The number of alkyl carbamates (subject to hydrolysis) is 1. The zero-order valence-corrected chi connectivity index (χ0v) is 31.9. The molecule has 3 N–H and O–H groups in total. The monoisotopic (exact) mass is 739 g/mol. The lowest BCUT2D eigenvalue weighted by Crippen LogP contribution is -2.42. The lowest BCUT2D eigenvalue weighted by molar-refractivity contribution is -0.126. The van der Waals surface area contributed by atoms with Crippen LogP contribution in [0, 0.1) is 5.92 Å². The molecular formula is C39H57N5O7S. The maximum atomic E-state index is 13.6. The molecule has 0 spiro atoms. The molecule has 1 aliphatic rings. The minimum Gasteiger partial charge on any atom is -0.447 e. The molecule has 0 radical (unpaired) electrons. The predicted octanol–water partition coefficient (Wildman–Crippen LogP) is 6.06. The molecule has 1 fully saturated rings. The summed E-state index contributed by atoms with van der Waals surface area (Å²) in [7, 11) is 0. The number of fused-ring (bicyclic) bond motifs is 1. The number of hydrogen-bond acceptors (Lipinski definition) is 8. The van der Waals surface area contributed by atoms with Crippen molar-refractivity contribution < 1.29 is 33.4 Å². The van der Waals surface area contributed by atoms with Crippen LogP contribution in [0.2, 0.25) is 0 Å². The van der Waals surface area contributed by atoms with Crippen molar-refractivity contribution in [2.24, 2.45) is 5.92 Å². The van der Waals surface area contributed by atoms with Crippen molar-refractivity contribution in [2.45, 2.75) is 91.1 Å². The fourth-order valence-electron chi connectivity index (χ4n) is 6.52. The minimum atomic E-state index is -0.441. The van der Waals surface area contributed by atoms with Crippen molar-refractivity contribution in [3.05, 3.63) is 53.0 Å². The maximum absolute atomic E-state index is 13.6. The Morgan fingerprint density at radius 3 is 2.33 bits per heavy atom. The zero-order valence-electron chi connectivity index (χ0n) is 31.1. The van der Waals surface area contributed by atoms with Crippen molar-refractivity contribution in [2.75, 3.05) is 57.6 Å². The minimum absolute atomic E-state index is 0.0255. The van der Waals surface area contributed by atoms with Gasteiger partial charge in [0.2, 0.25) is 11.8 Å². The summed E-state index contributed by atoms with van der Waals surface area (Å²) in [5.41, 5.74) is 3.40. The Morgan fingerprint density at radius 2 is 1.60 bits per heavy atom. The van der Waals surface area contributed by atoms with Gasteiger partial charge in [-0.15, -0.1) is 11.3 Å². The second kappa shape index (κ2) is 22.2. The van der Waals surface area contributed by atoms with E-state index in [2.05, 4.69) is 35.0 Å². The topological polar surface area (TPSA) is 140 Å². The number of aryl methyl sites for hydroxylation is 1. The van der Waals surface area contributed by atoms with E-state index in [1.54, 1.807) is 16.2 Å². The van der Waals surface area contributed by atoms with Crippen LogP contribution in [0.25, 0.3) is 10.2 Å². The number of carbonyl (C=O) groups excluding carboxylic acids is 4. The number of nitrogens with zero attached hydrogens (tertiary/aromatic N) is 2. The largest absolute Gasteiger partial charge is 0.447 e. The molecule has 52 heavy (non-hydrogen) atoms. The molecule has 1 saturated carbocycles. The normalized spacial score (nSPS) is 15.7. The highest BCUT2D eigenvalue weighted by Gasteiger charge is 2.29. The molecule has 3 aromatic rings. The number of likely N-dealkylation sites (N-methyl/N-ethyl adjacent to an activating group) is 1. The van der Waals surface area contributed by atoms with E-state index in [9.17, 15) is 19.2 Å². The van der Waals surface area contributed by atoms with Gasteiger partial charge in [-0.25, -0.2) is 4.79 Å². The number of rotatable bonds is 22. The highest BCUT2D eigenvalue weighted by atomic mass is 32.1. The van der Waals surface area contributed by atoms with E-state index >= 15 is 0 Å². The number of nitrogens with one attached hydrogen (secondary N) is 3. The summed E-state index contributed by atoms with van der Waals surface area (Å²) in [6, 6.07) is 11.9. The maximum Gasteiger partial charge on any atom is 0.407 e. The second-order valence-corrected chi connectivity index (χ2v) is 14.0. The van der Waals surface area contributed by atoms with Gasteiger partial charge < -0.3 is 39.6 Å². The van der Waals surface area contributed by atoms with Crippen molar-refractivity contribution in [3.63, 3.8) is 0 Å². The molecule has 1 aliphatic carbocycles. The molecule has 286 valence electrons. The Hall–Kier alpha value is -3.94. The molecule has 0 saturated heterocycles. The van der Waals surface area contributed by atoms with E-state index in [0.717, 1.165) is 73.7 Å². The Labute approximate surface area is 311 Å². The number of unbranched alkanes of at least 4 members (excludes halogenated alkanes) is 3. The summed E-state index contributed by atoms with van der Waals surface area (Å²) in [5, 5.41) is 11.0. The molecule has 0 aliphatic heterocycles. The Balaban J connectivity index is 1.12. The van der Waals surface area contributed by atoms with Crippen molar-refractivity contribution in [1.82, 2.24) is 20.5 Å². The average molecular weight is 740 g/mol. The Bertz CT molecular complexity index is 1570. The molecule has 4 amide bonds. The van der Waals surface area contributed by atoms with E-state index in [-0.39, 0.29) is 42.8 Å². The SMILES string of the molecule is CCOCCOCCOC(=O)NCCCCCCNC(=O)C1CCC(NC(=O)c2cc3sccc3n2CC(=O)N(CC)c2cccc(CC)c2)CC1. The lowest BCUT2D eigenvalue weighted by atomic mass is 9.85. The molecule has 1 aromatic carbocycles. The third-order valence-corrected chi connectivity index (χ3v) is 10.3. The summed E-state index contributed by atoms with van der Waals surface area (Å²) in [4.78, 5) is 53.6. The standard InChI is InChI=1S/C39H57N5O7S/c1-4-29-12-11-13-32(26-29)43(5-2)36(45)28-44-33-18-25-52-35(33)27-34(44)38(47)42-31-16-14-30(15-17-31)37(46)40-19-9-7-8-10-20-41-39(48)51-24-23-50-22-21-49-6-3/h11-13,18,25-27,30-31H,4-10,14-17,19-24,28H2,1-3H3,(H,40,46)(H,41,48)(H,42,47). The van der Waals surface area contributed by atoms with Crippen molar-refractivity contribution in [1.29, 1.82) is 0 Å². The van der Waals surface area contributed by atoms with Gasteiger partial charge in [0, 0.05) is 43.9 Å². The van der Waals surface area contributed by atoms with Gasteiger partial charge >= 0.3 is 6.09 Å². The van der Waals surface area contributed by atoms with Crippen LogP contribution in [0.1, 0.15) is 88.2 Å². The van der Waals surface area contributed by atoms with Gasteiger partial charge in [0.25, 0.3) is 5.91 Å². The fraction of sp³-hybridized carbons (Fsp3) is 0.590. The number of carbonyl (C=O) groups is 4. The second-order valence-electron chi connectivity index (χ2n) is 13.0. The van der Waals surface area contributed by atoms with Crippen LogP contribution in [0.5, 0.6) is 0 Å². The van der Waals surface area contributed by atoms with Crippen LogP contribution in [-0.2, 0) is 36.8 Å². The molecule has 12 nitrogen and oxygen atoms in total. The van der Waals surface area contributed by atoms with E-state index in [1.165, 1.54) is 5.56 Å². The van der Waals surface area contributed by atoms with Crippen LogP contribution in [0.4, 0.5) is 10.5 Å². The van der Waals surface area contributed by atoms with E-state index < -0.39 is 6.09 Å². The molecule has 2 aromatic heterocycles. The van der Waals surface area contributed by atoms with Gasteiger partial charge in [-0.1, -0.05) is 31.9 Å². The van der Waals surface area contributed by atoms with Gasteiger partial charge in [-0.05, 0) is 94.0 Å². The fourth-order valence-corrected chi connectivity index (χ4v) is 7.34. The summed E-state index contributed by atoms with van der Waals surface area (Å²) in [6.07, 6.45) is 6.96. The quantitative estimate of drug-likeness (QED) is 0.106. The average Bonchev–Trinajstić information content (AvgIpc) is 3.75. The highest BCUT2D eigenvalue weighted by Crippen LogP contribution is 2.28. The van der Waals surface area contributed by atoms with Crippen LogP contribution >= 0.6 is 11.3 Å². The Morgan fingerprint density at radius 1 is 0.865 bits per heavy atom. The van der Waals surface area contributed by atoms with E-state index in [0.29, 0.717) is 51.8 Å². The number of anilines is 1. The summed E-state index contributed by atoms with van der Waals surface area (Å²) in [5.74, 6) is -0.239. The molecule has 0 bridgehead atoms. The number of thiophene rings is 1. The first-order valence-electron chi connectivity index (χ1n) is 18.9. The third-order valence-electron chi connectivity index (χ3n) is 9.44. The highest BCUT2D eigenvalue weighted by molar-refractivity contribution is 7.17. The van der Waals surface area contributed by atoms with E-state index in [1.807, 2.05) is 48.1 Å². The van der Waals surface area contributed by atoms with Gasteiger partial charge in [-0.3, -0.25) is 14.4 Å². The number of ether oxygens (including phenoxy) is 3. The number of benzene rings is 1. The molecular weight excluding hydrogens is 683 g/mol. The third kappa shape index (κ3) is 12.6. The molecule has 0 unspecified atom stereocenters. The summed E-state index contributed by atoms with van der Waals surface area (Å²) < 4.78 is 18.4. The first kappa shape index (κ1) is 40.8. The van der Waals surface area contributed by atoms with Crippen molar-refractivity contribution in [3.8, 4) is 0 Å². The summed E-state index contributed by atoms with van der Waals surface area (Å²) in [6.45, 7) is 9.97. The van der Waals surface area contributed by atoms with E-state index in [4.69, 9.17) is 14.2 Å². The van der Waals surface area contributed by atoms with Gasteiger partial charge in [0.15, 0.2) is 0 Å². The van der Waals surface area contributed by atoms with Gasteiger partial charge in [0.05, 0.1) is 30.0 Å². The van der Waals surface area contributed by atoms with Crippen molar-refractivity contribution >= 4 is 51.1 Å². The van der Waals surface area contributed by atoms with Crippen LogP contribution in [0.3, 0.4) is 0 Å². The van der Waals surface area contributed by atoms with Gasteiger partial charge in [0.1, 0.15) is 18.8 Å². The predicted molar refractivity (Wildman–Crippen MR) is 205 cm³/mol. The zero-order chi connectivity index (χ0) is 37.1. The smallest absolute Gasteiger partial charge is 0.407 e. The lowest BCUT2D eigenvalue weighted by Gasteiger charge is -2.28. The molecule has 2 heterocycles. The number of hydrogen-bond donors (Lipinski definition) is 3. The summed E-state index contributed by atoms with van der Waals surface area (Å²) >= 11 is 1.55. The van der Waals surface area contributed by atoms with Crippen LogP contribution < -0.4 is 20.9 Å². The number of amides is 4. The van der Waals surface area contributed by atoms with Crippen LogP contribution in [0.15, 0.2) is 41.8 Å². The number of aromatic nitrogens is 1. The molecule has 0 atom stereocenters. The Kier molecular flexibility index (Phi) is 17.4. The van der Waals surface area contributed by atoms with Crippen LogP contribution in [-0.4, -0.2) is 87.1 Å². The molecule has 4 rings (SSSR count). The molecule has 13 heteroatoms. The first-order chi connectivity index (χ1) is 25.3. The van der Waals surface area contributed by atoms with Gasteiger partial charge in [-0.2, -0.15) is 0 Å². The first-order valence-corrected chi connectivity index (χ1v) is 19.8.